The van der Waals surface area contributed by atoms with Crippen molar-refractivity contribution in [3.8, 4) is 0 Å². The van der Waals surface area contributed by atoms with Crippen LogP contribution in [0.15, 0.2) is 45.2 Å². The van der Waals surface area contributed by atoms with E-state index in [0.717, 1.165) is 5.39 Å². The summed E-state index contributed by atoms with van der Waals surface area (Å²) in [4.78, 5) is 0. The van der Waals surface area contributed by atoms with E-state index in [0.29, 0.717) is 23.3 Å². The third-order valence-electron chi connectivity index (χ3n) is 3.09. The molecule has 1 aromatic carbocycles. The molecule has 3 aromatic rings. The first-order chi connectivity index (χ1) is 9.69. The second-order valence-electron chi connectivity index (χ2n) is 4.44. The topological polar surface area (TPSA) is 38.3 Å². The quantitative estimate of drug-likeness (QED) is 0.769. The van der Waals surface area contributed by atoms with Gasteiger partial charge in [0.15, 0.2) is 16.6 Å². The van der Waals surface area contributed by atoms with Gasteiger partial charge in [-0.05, 0) is 42.4 Å². The number of hydrogen-bond donors (Lipinski definition) is 1. The fourth-order valence-electron chi connectivity index (χ4n) is 2.22. The average molecular weight is 294 g/mol. The minimum absolute atomic E-state index is 0.253. The van der Waals surface area contributed by atoms with Gasteiger partial charge in [-0.3, -0.25) is 0 Å². The van der Waals surface area contributed by atoms with Crippen LogP contribution in [0.2, 0.25) is 5.22 Å². The molecule has 1 atom stereocenters. The minimum atomic E-state index is -0.374. The SMILES string of the molecule is CCNC(c1ccc(Cl)o1)c1cc2cccc(F)c2o1. The summed E-state index contributed by atoms with van der Waals surface area (Å²) in [5.41, 5.74) is 0.253. The van der Waals surface area contributed by atoms with Crippen molar-refractivity contribution < 1.29 is 13.2 Å². The summed E-state index contributed by atoms with van der Waals surface area (Å²) in [6, 6.07) is 9.80. The monoisotopic (exact) mass is 293 g/mol. The van der Waals surface area contributed by atoms with Gasteiger partial charge in [0.25, 0.3) is 0 Å². The molecular formula is C15H13ClFNO2. The highest BCUT2D eigenvalue weighted by atomic mass is 35.5. The lowest BCUT2D eigenvalue weighted by atomic mass is 10.1. The molecule has 0 aliphatic carbocycles. The van der Waals surface area contributed by atoms with Crippen LogP contribution in [0, 0.1) is 5.82 Å². The lowest BCUT2D eigenvalue weighted by Crippen LogP contribution is -2.20. The first-order valence-corrected chi connectivity index (χ1v) is 6.73. The Hall–Kier alpha value is -1.78. The predicted molar refractivity (Wildman–Crippen MR) is 75.4 cm³/mol. The summed E-state index contributed by atoms with van der Waals surface area (Å²) in [5, 5.41) is 4.27. The van der Waals surface area contributed by atoms with E-state index in [1.165, 1.54) is 6.07 Å². The highest BCUT2D eigenvalue weighted by Gasteiger charge is 2.21. The fourth-order valence-corrected chi connectivity index (χ4v) is 2.37. The number of hydrogen-bond acceptors (Lipinski definition) is 3. The van der Waals surface area contributed by atoms with Crippen molar-refractivity contribution in [2.24, 2.45) is 0 Å². The Balaban J connectivity index is 2.07. The molecule has 104 valence electrons. The van der Waals surface area contributed by atoms with Gasteiger partial charge >= 0.3 is 0 Å². The van der Waals surface area contributed by atoms with E-state index >= 15 is 0 Å². The second-order valence-corrected chi connectivity index (χ2v) is 4.81. The van der Waals surface area contributed by atoms with Gasteiger partial charge in [-0.25, -0.2) is 4.39 Å². The van der Waals surface area contributed by atoms with Crippen molar-refractivity contribution in [2.45, 2.75) is 13.0 Å². The lowest BCUT2D eigenvalue weighted by molar-refractivity contribution is 0.401. The molecule has 0 amide bonds. The molecule has 1 N–H and O–H groups in total. The van der Waals surface area contributed by atoms with E-state index in [-0.39, 0.29) is 17.4 Å². The van der Waals surface area contributed by atoms with Crippen molar-refractivity contribution in [1.82, 2.24) is 5.32 Å². The van der Waals surface area contributed by atoms with Crippen molar-refractivity contribution >= 4 is 22.6 Å². The van der Waals surface area contributed by atoms with E-state index in [1.807, 2.05) is 19.1 Å². The Morgan fingerprint density at radius 3 is 2.70 bits per heavy atom. The molecule has 0 radical (unpaired) electrons. The first kappa shape index (κ1) is 13.2. The molecular weight excluding hydrogens is 281 g/mol. The van der Waals surface area contributed by atoms with Crippen LogP contribution in [-0.4, -0.2) is 6.54 Å². The summed E-state index contributed by atoms with van der Waals surface area (Å²) in [7, 11) is 0. The van der Waals surface area contributed by atoms with Crippen molar-refractivity contribution in [1.29, 1.82) is 0 Å². The molecule has 2 aromatic heterocycles. The molecule has 0 saturated carbocycles. The lowest BCUT2D eigenvalue weighted by Gasteiger charge is -2.12. The Labute approximate surface area is 120 Å². The molecule has 5 heteroatoms. The van der Waals surface area contributed by atoms with E-state index < -0.39 is 0 Å². The number of halogens is 2. The van der Waals surface area contributed by atoms with Gasteiger partial charge in [0.2, 0.25) is 0 Å². The fraction of sp³-hybridized carbons (Fsp3) is 0.200. The van der Waals surface area contributed by atoms with Gasteiger partial charge in [-0.15, -0.1) is 0 Å². The molecule has 1 unspecified atom stereocenters. The molecule has 0 spiro atoms. The summed E-state index contributed by atoms with van der Waals surface area (Å²) < 4.78 is 24.8. The normalized spacial score (nSPS) is 12.9. The Morgan fingerprint density at radius 2 is 2.05 bits per heavy atom. The molecule has 3 rings (SSSR count). The number of fused-ring (bicyclic) bond motifs is 1. The van der Waals surface area contributed by atoms with E-state index in [1.54, 1.807) is 18.2 Å². The number of benzene rings is 1. The third kappa shape index (κ3) is 2.32. The Kier molecular flexibility index (Phi) is 3.51. The van der Waals surface area contributed by atoms with Crippen LogP contribution >= 0.6 is 11.6 Å². The van der Waals surface area contributed by atoms with Gasteiger partial charge in [-0.1, -0.05) is 19.1 Å². The van der Waals surface area contributed by atoms with Crippen molar-refractivity contribution in [3.05, 3.63) is 59.0 Å². The van der Waals surface area contributed by atoms with E-state index in [4.69, 9.17) is 20.4 Å². The molecule has 20 heavy (non-hydrogen) atoms. The molecule has 0 aliphatic rings. The van der Waals surface area contributed by atoms with Gasteiger partial charge in [0.05, 0.1) is 0 Å². The highest BCUT2D eigenvalue weighted by Crippen LogP contribution is 2.31. The Morgan fingerprint density at radius 1 is 1.20 bits per heavy atom. The summed E-state index contributed by atoms with van der Waals surface area (Å²) in [5.74, 6) is 0.857. The summed E-state index contributed by atoms with van der Waals surface area (Å²) in [6.07, 6.45) is 0. The largest absolute Gasteiger partial charge is 0.456 e. The number of furan rings is 2. The molecule has 0 saturated heterocycles. The predicted octanol–water partition coefficient (Wildman–Crippen LogP) is 4.52. The van der Waals surface area contributed by atoms with Crippen molar-refractivity contribution in [2.75, 3.05) is 6.54 Å². The van der Waals surface area contributed by atoms with Crippen LogP contribution in [0.4, 0.5) is 4.39 Å². The van der Waals surface area contributed by atoms with Gasteiger partial charge in [-0.2, -0.15) is 0 Å². The molecule has 0 aliphatic heterocycles. The van der Waals surface area contributed by atoms with Crippen LogP contribution in [0.5, 0.6) is 0 Å². The maximum atomic E-state index is 13.7. The molecule has 0 bridgehead atoms. The van der Waals surface area contributed by atoms with Crippen LogP contribution in [0.1, 0.15) is 24.5 Å². The Bertz CT molecular complexity index is 734. The van der Waals surface area contributed by atoms with Crippen LogP contribution < -0.4 is 5.32 Å². The smallest absolute Gasteiger partial charge is 0.193 e. The molecule has 3 nitrogen and oxygen atoms in total. The third-order valence-corrected chi connectivity index (χ3v) is 3.29. The average Bonchev–Trinajstić information content (AvgIpc) is 3.03. The zero-order valence-electron chi connectivity index (χ0n) is 10.8. The van der Waals surface area contributed by atoms with Crippen LogP contribution in [0.3, 0.4) is 0 Å². The van der Waals surface area contributed by atoms with Crippen LogP contribution in [-0.2, 0) is 0 Å². The molecule has 2 heterocycles. The minimum Gasteiger partial charge on any atom is -0.456 e. The van der Waals surface area contributed by atoms with Gasteiger partial charge in [0, 0.05) is 5.39 Å². The van der Waals surface area contributed by atoms with Gasteiger partial charge in [0.1, 0.15) is 17.6 Å². The highest BCUT2D eigenvalue weighted by molar-refractivity contribution is 6.28. The summed E-state index contributed by atoms with van der Waals surface area (Å²) >= 11 is 5.81. The van der Waals surface area contributed by atoms with E-state index in [2.05, 4.69) is 5.32 Å². The van der Waals surface area contributed by atoms with E-state index in [9.17, 15) is 4.39 Å². The van der Waals surface area contributed by atoms with Crippen molar-refractivity contribution in [3.63, 3.8) is 0 Å². The molecule has 0 fully saturated rings. The maximum absolute atomic E-state index is 13.7. The standard InChI is InChI=1S/C15H13ClFNO2/c1-2-18-14(11-6-7-13(16)19-11)12-8-9-4-3-5-10(17)15(9)20-12/h3-8,14,18H,2H2,1H3. The summed E-state index contributed by atoms with van der Waals surface area (Å²) in [6.45, 7) is 2.68. The number of rotatable bonds is 4. The van der Waals surface area contributed by atoms with Gasteiger partial charge < -0.3 is 14.2 Å². The first-order valence-electron chi connectivity index (χ1n) is 6.35. The second kappa shape index (κ2) is 5.31. The zero-order valence-corrected chi connectivity index (χ0v) is 11.6. The number of para-hydroxylation sites is 1. The number of nitrogens with one attached hydrogen (secondary N) is 1. The van der Waals surface area contributed by atoms with Crippen LogP contribution in [0.25, 0.3) is 11.0 Å². The zero-order chi connectivity index (χ0) is 14.1. The maximum Gasteiger partial charge on any atom is 0.193 e.